The number of para-hydroxylation sites is 2. The highest BCUT2D eigenvalue weighted by Crippen LogP contribution is 2.42. The highest BCUT2D eigenvalue weighted by atomic mass is 16.2. The van der Waals surface area contributed by atoms with Crippen molar-refractivity contribution in [3.63, 3.8) is 0 Å². The van der Waals surface area contributed by atoms with Crippen molar-refractivity contribution in [1.82, 2.24) is 9.47 Å². The molecule has 1 aromatic heterocycles. The van der Waals surface area contributed by atoms with Crippen molar-refractivity contribution >= 4 is 17.5 Å². The maximum Gasteiger partial charge on any atom is 0.247 e. The van der Waals surface area contributed by atoms with E-state index >= 15 is 0 Å². The molecular weight excluding hydrogens is 422 g/mol. The molecule has 2 aliphatic rings. The summed E-state index contributed by atoms with van der Waals surface area (Å²) >= 11 is 0. The van der Waals surface area contributed by atoms with Crippen molar-refractivity contribution in [3.05, 3.63) is 83.7 Å². The van der Waals surface area contributed by atoms with Crippen LogP contribution in [0.3, 0.4) is 0 Å². The van der Waals surface area contributed by atoms with E-state index in [1.165, 1.54) is 5.56 Å². The van der Waals surface area contributed by atoms with Crippen LogP contribution in [0.15, 0.2) is 66.9 Å². The second-order valence-corrected chi connectivity index (χ2v) is 9.91. The first-order chi connectivity index (χ1) is 16.5. The van der Waals surface area contributed by atoms with Gasteiger partial charge in [-0.2, -0.15) is 0 Å². The number of benzene rings is 2. The lowest BCUT2D eigenvalue weighted by Crippen LogP contribution is -2.49. The van der Waals surface area contributed by atoms with Gasteiger partial charge in [0.25, 0.3) is 0 Å². The van der Waals surface area contributed by atoms with Crippen molar-refractivity contribution in [2.24, 2.45) is 5.92 Å². The first kappa shape index (κ1) is 22.5. The summed E-state index contributed by atoms with van der Waals surface area (Å²) in [6, 6.07) is 20.3. The second kappa shape index (κ2) is 9.13. The first-order valence-electron chi connectivity index (χ1n) is 12.4. The molecule has 1 saturated carbocycles. The third-order valence-electron chi connectivity index (χ3n) is 7.30. The predicted octanol–water partition coefficient (Wildman–Crippen LogP) is 5.65. The molecule has 2 amide bonds. The zero-order valence-corrected chi connectivity index (χ0v) is 20.3. The third-order valence-corrected chi connectivity index (χ3v) is 7.30. The molecule has 1 unspecified atom stereocenters. The minimum atomic E-state index is -0.256. The van der Waals surface area contributed by atoms with Crippen LogP contribution >= 0.6 is 0 Å². The number of rotatable bonds is 5. The average Bonchev–Trinajstić information content (AvgIpc) is 3.54. The average molecular weight is 456 g/mol. The van der Waals surface area contributed by atoms with Gasteiger partial charge >= 0.3 is 0 Å². The molecule has 2 heterocycles. The van der Waals surface area contributed by atoms with Crippen LogP contribution in [0.5, 0.6) is 0 Å². The monoisotopic (exact) mass is 455 g/mol. The Labute approximate surface area is 202 Å². The Balaban J connectivity index is 1.56. The van der Waals surface area contributed by atoms with E-state index in [2.05, 4.69) is 48.0 Å². The van der Waals surface area contributed by atoms with Crippen molar-refractivity contribution in [1.29, 1.82) is 0 Å². The summed E-state index contributed by atoms with van der Waals surface area (Å²) in [5, 5.41) is 0. The van der Waals surface area contributed by atoms with Crippen LogP contribution in [0.1, 0.15) is 62.4 Å². The van der Waals surface area contributed by atoms with Crippen LogP contribution in [0, 0.1) is 12.8 Å². The number of hydrogen-bond donors (Lipinski definition) is 0. The molecule has 1 aliphatic carbocycles. The first-order valence-corrected chi connectivity index (χ1v) is 12.4. The fourth-order valence-electron chi connectivity index (χ4n) is 5.47. The molecule has 0 bridgehead atoms. The normalized spacial score (nSPS) is 17.5. The zero-order valence-electron chi connectivity index (χ0n) is 20.3. The molecule has 0 N–H and O–H groups in total. The molecule has 0 spiro atoms. The van der Waals surface area contributed by atoms with Gasteiger partial charge in [-0.15, -0.1) is 0 Å². The molecule has 5 nitrogen and oxygen atoms in total. The van der Waals surface area contributed by atoms with Gasteiger partial charge in [-0.1, -0.05) is 54.8 Å². The quantitative estimate of drug-likeness (QED) is 0.499. The van der Waals surface area contributed by atoms with Crippen molar-refractivity contribution < 1.29 is 9.59 Å². The molecule has 34 heavy (non-hydrogen) atoms. The topological polar surface area (TPSA) is 45.6 Å². The van der Waals surface area contributed by atoms with E-state index < -0.39 is 0 Å². The molecule has 1 aliphatic heterocycles. The molecule has 1 atom stereocenters. The van der Waals surface area contributed by atoms with Crippen molar-refractivity contribution in [2.75, 3.05) is 11.4 Å². The number of carbonyl (C=O) groups is 2. The van der Waals surface area contributed by atoms with Crippen LogP contribution in [0.4, 0.5) is 5.69 Å². The highest BCUT2D eigenvalue weighted by molar-refractivity contribution is 6.00. The summed E-state index contributed by atoms with van der Waals surface area (Å²) < 4.78 is 2.17. The molecule has 2 aromatic carbocycles. The standard InChI is InChI=1S/C29H33N3O2/c1-20(2)31(29(34)23-9-4-5-10-23)19-27(33)32-25-12-7-6-11-24(25)30-18-8-13-26(30)28(32)22-16-14-21(3)15-17-22/h6-8,11-18,20,23,28H,4-5,9-10,19H2,1-3H3. The summed E-state index contributed by atoms with van der Waals surface area (Å²) in [5.74, 6) is 0.126. The lowest BCUT2D eigenvalue weighted by Gasteiger charge is -2.40. The molecule has 5 rings (SSSR count). The maximum atomic E-state index is 14.1. The van der Waals surface area contributed by atoms with E-state index in [1.54, 1.807) is 4.90 Å². The SMILES string of the molecule is Cc1ccc(C2c3cccn3-c3ccccc3N2C(=O)CN(C(=O)C2CCCC2)C(C)C)cc1. The number of hydrogen-bond acceptors (Lipinski definition) is 2. The van der Waals surface area contributed by atoms with Gasteiger partial charge in [-0.3, -0.25) is 14.5 Å². The van der Waals surface area contributed by atoms with Crippen LogP contribution in [-0.4, -0.2) is 33.9 Å². The Morgan fingerprint density at radius 2 is 1.62 bits per heavy atom. The molecule has 1 fully saturated rings. The fraction of sp³-hybridized carbons (Fsp3) is 0.379. The van der Waals surface area contributed by atoms with Gasteiger partial charge in [0.15, 0.2) is 0 Å². The molecule has 3 aromatic rings. The maximum absolute atomic E-state index is 14.1. The zero-order chi connectivity index (χ0) is 23.8. The van der Waals surface area contributed by atoms with Gasteiger partial charge < -0.3 is 9.47 Å². The third kappa shape index (κ3) is 3.93. The predicted molar refractivity (Wildman–Crippen MR) is 135 cm³/mol. The van der Waals surface area contributed by atoms with Crippen molar-refractivity contribution in [2.45, 2.75) is 58.5 Å². The van der Waals surface area contributed by atoms with Crippen LogP contribution in [0.25, 0.3) is 5.69 Å². The molecule has 0 radical (unpaired) electrons. The molecular formula is C29H33N3O2. The second-order valence-electron chi connectivity index (χ2n) is 9.91. The lowest BCUT2D eigenvalue weighted by molar-refractivity contribution is -0.140. The van der Waals surface area contributed by atoms with E-state index in [1.807, 2.05) is 49.1 Å². The number of amides is 2. The largest absolute Gasteiger partial charge is 0.331 e. The van der Waals surface area contributed by atoms with E-state index in [4.69, 9.17) is 0 Å². The van der Waals surface area contributed by atoms with Gasteiger partial charge in [-0.05, 0) is 63.4 Å². The highest BCUT2D eigenvalue weighted by Gasteiger charge is 2.38. The summed E-state index contributed by atoms with van der Waals surface area (Å²) in [6.45, 7) is 6.17. The molecule has 0 saturated heterocycles. The van der Waals surface area contributed by atoms with Crippen LogP contribution < -0.4 is 4.90 Å². The van der Waals surface area contributed by atoms with Gasteiger partial charge in [0, 0.05) is 18.2 Å². The van der Waals surface area contributed by atoms with Crippen molar-refractivity contribution in [3.8, 4) is 5.69 Å². The van der Waals surface area contributed by atoms with E-state index in [0.717, 1.165) is 48.3 Å². The summed E-state index contributed by atoms with van der Waals surface area (Å²) in [4.78, 5) is 31.1. The Morgan fingerprint density at radius 3 is 2.29 bits per heavy atom. The summed E-state index contributed by atoms with van der Waals surface area (Å²) in [7, 11) is 0. The molecule has 5 heteroatoms. The van der Waals surface area contributed by atoms with Gasteiger partial charge in [-0.25, -0.2) is 0 Å². The Bertz CT molecular complexity index is 1190. The molecule has 176 valence electrons. The minimum absolute atomic E-state index is 0.0289. The lowest BCUT2D eigenvalue weighted by atomic mass is 9.96. The number of carbonyl (C=O) groups excluding carboxylic acids is 2. The van der Waals surface area contributed by atoms with E-state index in [-0.39, 0.29) is 36.4 Å². The Morgan fingerprint density at radius 1 is 0.941 bits per heavy atom. The summed E-state index contributed by atoms with van der Waals surface area (Å²) in [5.41, 5.74) is 5.15. The number of nitrogens with zero attached hydrogens (tertiary/aromatic N) is 3. The van der Waals surface area contributed by atoms with Crippen LogP contribution in [0.2, 0.25) is 0 Å². The van der Waals surface area contributed by atoms with E-state index in [9.17, 15) is 9.59 Å². The number of anilines is 1. The summed E-state index contributed by atoms with van der Waals surface area (Å²) in [6.07, 6.45) is 6.12. The van der Waals surface area contributed by atoms with Crippen LogP contribution in [-0.2, 0) is 9.59 Å². The van der Waals surface area contributed by atoms with E-state index in [0.29, 0.717) is 0 Å². The number of aryl methyl sites for hydroxylation is 1. The van der Waals surface area contributed by atoms with Gasteiger partial charge in [0.2, 0.25) is 11.8 Å². The van der Waals surface area contributed by atoms with Gasteiger partial charge in [0.1, 0.15) is 12.6 Å². The smallest absolute Gasteiger partial charge is 0.247 e. The van der Waals surface area contributed by atoms with Gasteiger partial charge in [0.05, 0.1) is 17.1 Å². The minimum Gasteiger partial charge on any atom is -0.331 e. The number of aromatic nitrogens is 1. The number of fused-ring (bicyclic) bond motifs is 3. The Kier molecular flexibility index (Phi) is 6.03. The fourth-order valence-corrected chi connectivity index (χ4v) is 5.47. The Hall–Kier alpha value is -3.34.